The van der Waals surface area contributed by atoms with Crippen molar-refractivity contribution in [3.8, 4) is 11.4 Å². The Morgan fingerprint density at radius 2 is 2.05 bits per heavy atom. The summed E-state index contributed by atoms with van der Waals surface area (Å²) >= 11 is 8.02. The fraction of sp³-hybridized carbons (Fsp3) is 0.267. The van der Waals surface area contributed by atoms with Crippen LogP contribution < -0.4 is 0 Å². The Bertz CT molecular complexity index is 846. The summed E-state index contributed by atoms with van der Waals surface area (Å²) in [7, 11) is 0. The van der Waals surface area contributed by atoms with Gasteiger partial charge in [-0.25, -0.2) is 14.4 Å². The number of rotatable bonds is 1. The molecule has 0 spiro atoms. The molecule has 21 heavy (non-hydrogen) atoms. The van der Waals surface area contributed by atoms with Gasteiger partial charge in [-0.1, -0.05) is 11.6 Å². The van der Waals surface area contributed by atoms with Gasteiger partial charge < -0.3 is 0 Å². The maximum Gasteiger partial charge on any atom is 0.165 e. The van der Waals surface area contributed by atoms with Crippen LogP contribution in [0.5, 0.6) is 0 Å². The molecule has 0 aliphatic heterocycles. The summed E-state index contributed by atoms with van der Waals surface area (Å²) in [4.78, 5) is 14.8. The van der Waals surface area contributed by atoms with Gasteiger partial charge in [0.25, 0.3) is 0 Å². The molecule has 0 fully saturated rings. The third-order valence-corrected chi connectivity index (χ3v) is 5.24. The minimum Gasteiger partial charge on any atom is -0.262 e. The van der Waals surface area contributed by atoms with Crippen molar-refractivity contribution in [2.45, 2.75) is 25.7 Å². The Labute approximate surface area is 129 Å². The van der Waals surface area contributed by atoms with E-state index in [0.717, 1.165) is 29.3 Å². The molecule has 3 aromatic heterocycles. The second-order valence-corrected chi connectivity index (χ2v) is 6.53. The molecule has 3 aromatic rings. The molecule has 0 atom stereocenters. The fourth-order valence-corrected chi connectivity index (χ4v) is 4.39. The summed E-state index contributed by atoms with van der Waals surface area (Å²) in [6, 6.07) is 1.57. The molecular weight excluding hydrogens is 309 g/mol. The minimum atomic E-state index is -0.436. The van der Waals surface area contributed by atoms with Gasteiger partial charge in [-0.2, -0.15) is 0 Å². The molecule has 0 bridgehead atoms. The topological polar surface area (TPSA) is 38.7 Å². The second-order valence-electron chi connectivity index (χ2n) is 5.08. The maximum atomic E-state index is 13.9. The number of pyridine rings is 1. The molecule has 0 amide bonds. The lowest BCUT2D eigenvalue weighted by Crippen LogP contribution is -1.99. The fourth-order valence-electron chi connectivity index (χ4n) is 2.79. The summed E-state index contributed by atoms with van der Waals surface area (Å²) in [5, 5.41) is 1.38. The Balaban J connectivity index is 1.96. The molecule has 0 radical (unpaired) electrons. The third kappa shape index (κ3) is 2.12. The molecule has 0 N–H and O–H groups in total. The molecule has 0 aromatic carbocycles. The minimum absolute atomic E-state index is 0.325. The average molecular weight is 320 g/mol. The summed E-state index contributed by atoms with van der Waals surface area (Å²) in [5.41, 5.74) is 1.62. The number of halogens is 2. The van der Waals surface area contributed by atoms with Gasteiger partial charge in [0.15, 0.2) is 11.6 Å². The lowest BCUT2D eigenvalue weighted by molar-refractivity contribution is 0.623. The van der Waals surface area contributed by atoms with E-state index in [1.54, 1.807) is 17.4 Å². The van der Waals surface area contributed by atoms with Gasteiger partial charge in [-0.05, 0) is 37.3 Å². The van der Waals surface area contributed by atoms with Gasteiger partial charge in [-0.15, -0.1) is 11.3 Å². The predicted octanol–water partition coefficient (Wildman–Crippen LogP) is 4.42. The van der Waals surface area contributed by atoms with Crippen LogP contribution in [-0.2, 0) is 12.8 Å². The normalized spacial score (nSPS) is 14.4. The standard InChI is InChI=1S/C15H11ClFN3S/c16-13-12-9-3-1-2-4-11(9)21-15(12)20-14(19-13)8-5-6-18-7-10(8)17/h5-7H,1-4H2. The molecule has 1 aliphatic rings. The SMILES string of the molecule is Fc1cnccc1-c1nc(Cl)c2c3c(sc2n1)CCCC3. The van der Waals surface area contributed by atoms with Crippen LogP contribution >= 0.6 is 22.9 Å². The number of hydrogen-bond donors (Lipinski definition) is 0. The summed E-state index contributed by atoms with van der Waals surface area (Å²) < 4.78 is 13.9. The molecule has 4 rings (SSSR count). The van der Waals surface area contributed by atoms with Crippen LogP contribution in [0, 0.1) is 5.82 Å². The first-order valence-electron chi connectivity index (χ1n) is 6.81. The van der Waals surface area contributed by atoms with E-state index in [2.05, 4.69) is 15.0 Å². The zero-order chi connectivity index (χ0) is 14.4. The van der Waals surface area contributed by atoms with Gasteiger partial charge in [-0.3, -0.25) is 4.98 Å². The lowest BCUT2D eigenvalue weighted by atomic mass is 9.97. The highest BCUT2D eigenvalue weighted by molar-refractivity contribution is 7.19. The smallest absolute Gasteiger partial charge is 0.165 e. The first kappa shape index (κ1) is 13.1. The van der Waals surface area contributed by atoms with Crippen LogP contribution in [-0.4, -0.2) is 15.0 Å². The monoisotopic (exact) mass is 319 g/mol. The van der Waals surface area contributed by atoms with Crippen molar-refractivity contribution in [2.24, 2.45) is 0 Å². The summed E-state index contributed by atoms with van der Waals surface area (Å²) in [5.74, 6) is -0.111. The number of thiophene rings is 1. The third-order valence-electron chi connectivity index (χ3n) is 3.78. The van der Waals surface area contributed by atoms with E-state index < -0.39 is 5.82 Å². The van der Waals surface area contributed by atoms with Crippen molar-refractivity contribution in [3.05, 3.63) is 39.9 Å². The quantitative estimate of drug-likeness (QED) is 0.623. The van der Waals surface area contributed by atoms with Crippen molar-refractivity contribution >= 4 is 33.2 Å². The van der Waals surface area contributed by atoms with Gasteiger partial charge in [0, 0.05) is 11.1 Å². The Morgan fingerprint density at radius 3 is 2.90 bits per heavy atom. The molecule has 1 aliphatic carbocycles. The maximum absolute atomic E-state index is 13.9. The van der Waals surface area contributed by atoms with Gasteiger partial charge in [0.1, 0.15) is 9.98 Å². The zero-order valence-corrected chi connectivity index (χ0v) is 12.6. The highest BCUT2D eigenvalue weighted by atomic mass is 35.5. The average Bonchev–Trinajstić information content (AvgIpc) is 2.86. The van der Waals surface area contributed by atoms with E-state index >= 15 is 0 Å². The van der Waals surface area contributed by atoms with E-state index in [-0.39, 0.29) is 0 Å². The zero-order valence-electron chi connectivity index (χ0n) is 11.1. The summed E-state index contributed by atoms with van der Waals surface area (Å²) in [6.45, 7) is 0. The van der Waals surface area contributed by atoms with E-state index in [1.165, 1.54) is 29.5 Å². The highest BCUT2D eigenvalue weighted by Crippen LogP contribution is 2.39. The van der Waals surface area contributed by atoms with Crippen LogP contribution in [0.3, 0.4) is 0 Å². The number of aryl methyl sites for hydroxylation is 2. The van der Waals surface area contributed by atoms with Crippen LogP contribution in [0.15, 0.2) is 18.5 Å². The number of aromatic nitrogens is 3. The van der Waals surface area contributed by atoms with Crippen molar-refractivity contribution in [3.63, 3.8) is 0 Å². The van der Waals surface area contributed by atoms with E-state index in [0.29, 0.717) is 16.5 Å². The van der Waals surface area contributed by atoms with Gasteiger partial charge in [0.2, 0.25) is 0 Å². The van der Waals surface area contributed by atoms with Crippen LogP contribution in [0.25, 0.3) is 21.6 Å². The first-order valence-corrected chi connectivity index (χ1v) is 8.01. The second kappa shape index (κ2) is 5.00. The number of fused-ring (bicyclic) bond motifs is 3. The van der Waals surface area contributed by atoms with E-state index in [1.807, 2.05) is 0 Å². The van der Waals surface area contributed by atoms with Crippen LogP contribution in [0.2, 0.25) is 5.15 Å². The Morgan fingerprint density at radius 1 is 1.19 bits per heavy atom. The molecule has 0 saturated carbocycles. The molecule has 0 unspecified atom stereocenters. The van der Waals surface area contributed by atoms with Crippen LogP contribution in [0.1, 0.15) is 23.3 Å². The van der Waals surface area contributed by atoms with Gasteiger partial charge in [0.05, 0.1) is 17.1 Å². The predicted molar refractivity (Wildman–Crippen MR) is 82.3 cm³/mol. The van der Waals surface area contributed by atoms with E-state index in [9.17, 15) is 4.39 Å². The van der Waals surface area contributed by atoms with Crippen molar-refractivity contribution in [1.29, 1.82) is 0 Å². The molecule has 3 heterocycles. The van der Waals surface area contributed by atoms with Crippen molar-refractivity contribution < 1.29 is 4.39 Å². The number of hydrogen-bond acceptors (Lipinski definition) is 4. The first-order chi connectivity index (χ1) is 10.2. The molecule has 6 heteroatoms. The molecule has 0 saturated heterocycles. The Hall–Kier alpha value is -1.59. The Kier molecular flexibility index (Phi) is 3.12. The van der Waals surface area contributed by atoms with Crippen LogP contribution in [0.4, 0.5) is 4.39 Å². The summed E-state index contributed by atoms with van der Waals surface area (Å²) in [6.07, 6.45) is 7.18. The highest BCUT2D eigenvalue weighted by Gasteiger charge is 2.21. The molecule has 3 nitrogen and oxygen atoms in total. The molecular formula is C15H11ClFN3S. The lowest BCUT2D eigenvalue weighted by Gasteiger charge is -2.10. The van der Waals surface area contributed by atoms with Crippen molar-refractivity contribution in [1.82, 2.24) is 15.0 Å². The number of nitrogens with zero attached hydrogens (tertiary/aromatic N) is 3. The van der Waals surface area contributed by atoms with E-state index in [4.69, 9.17) is 11.6 Å². The largest absolute Gasteiger partial charge is 0.262 e. The molecule has 106 valence electrons. The van der Waals surface area contributed by atoms with Crippen molar-refractivity contribution in [2.75, 3.05) is 0 Å². The van der Waals surface area contributed by atoms with Gasteiger partial charge >= 0.3 is 0 Å².